The zero-order valence-corrected chi connectivity index (χ0v) is 10.7. The Balaban J connectivity index is 1.81. The standard InChI is InChI=1S/C13H17F2N3O/c1-18-5-4-9(8-18)7-16-13(19)17-12-3-2-10(14)6-11(12)15/h2-3,6,9H,4-5,7-8H2,1H3,(H2,16,17,19). The summed E-state index contributed by atoms with van der Waals surface area (Å²) in [5, 5.41) is 5.07. The molecule has 104 valence electrons. The van der Waals surface area contributed by atoms with Crippen molar-refractivity contribution in [3.63, 3.8) is 0 Å². The Kier molecular flexibility index (Phi) is 4.31. The van der Waals surface area contributed by atoms with Crippen molar-refractivity contribution < 1.29 is 13.6 Å². The highest BCUT2D eigenvalue weighted by Crippen LogP contribution is 2.15. The first-order valence-electron chi connectivity index (χ1n) is 6.23. The number of benzene rings is 1. The smallest absolute Gasteiger partial charge is 0.319 e. The first-order chi connectivity index (χ1) is 9.04. The molecule has 0 spiro atoms. The maximum Gasteiger partial charge on any atom is 0.319 e. The lowest BCUT2D eigenvalue weighted by atomic mass is 10.1. The highest BCUT2D eigenvalue weighted by molar-refractivity contribution is 5.89. The predicted molar refractivity (Wildman–Crippen MR) is 69.0 cm³/mol. The second-order valence-electron chi connectivity index (χ2n) is 4.88. The van der Waals surface area contributed by atoms with Crippen LogP contribution in [0.4, 0.5) is 19.3 Å². The number of likely N-dealkylation sites (tertiary alicyclic amines) is 1. The second kappa shape index (κ2) is 5.97. The summed E-state index contributed by atoms with van der Waals surface area (Å²) >= 11 is 0. The molecule has 2 rings (SSSR count). The minimum atomic E-state index is -0.782. The van der Waals surface area contributed by atoms with Gasteiger partial charge in [-0.1, -0.05) is 0 Å². The zero-order chi connectivity index (χ0) is 13.8. The largest absolute Gasteiger partial charge is 0.338 e. The molecule has 0 aromatic heterocycles. The molecule has 4 nitrogen and oxygen atoms in total. The van der Waals surface area contributed by atoms with Gasteiger partial charge in [0, 0.05) is 19.2 Å². The van der Waals surface area contributed by atoms with Gasteiger partial charge < -0.3 is 15.5 Å². The molecule has 0 saturated carbocycles. The second-order valence-corrected chi connectivity index (χ2v) is 4.88. The van der Waals surface area contributed by atoms with Gasteiger partial charge in [0.05, 0.1) is 5.69 Å². The number of nitrogens with one attached hydrogen (secondary N) is 2. The molecule has 1 heterocycles. The summed E-state index contributed by atoms with van der Waals surface area (Å²) in [7, 11) is 2.04. The fourth-order valence-electron chi connectivity index (χ4n) is 2.19. The molecule has 2 amide bonds. The highest BCUT2D eigenvalue weighted by Gasteiger charge is 2.19. The van der Waals surface area contributed by atoms with Crippen LogP contribution in [0.25, 0.3) is 0 Å². The van der Waals surface area contributed by atoms with Gasteiger partial charge in [0.2, 0.25) is 0 Å². The van der Waals surface area contributed by atoms with E-state index in [2.05, 4.69) is 15.5 Å². The number of amides is 2. The van der Waals surface area contributed by atoms with Crippen LogP contribution < -0.4 is 10.6 Å². The molecule has 1 aromatic rings. The number of urea groups is 1. The van der Waals surface area contributed by atoms with Crippen LogP contribution in [0.15, 0.2) is 18.2 Å². The fourth-order valence-corrected chi connectivity index (χ4v) is 2.19. The molecule has 2 N–H and O–H groups in total. The van der Waals surface area contributed by atoms with Crippen molar-refractivity contribution in [1.82, 2.24) is 10.2 Å². The Morgan fingerprint density at radius 3 is 2.89 bits per heavy atom. The summed E-state index contributed by atoms with van der Waals surface area (Å²) in [5.74, 6) is -1.03. The van der Waals surface area contributed by atoms with E-state index in [1.807, 2.05) is 7.05 Å². The number of carbonyl (C=O) groups excluding carboxylic acids is 1. The van der Waals surface area contributed by atoms with Crippen LogP contribution in [-0.2, 0) is 0 Å². The summed E-state index contributed by atoms with van der Waals surface area (Å²) in [6.45, 7) is 2.53. The third-order valence-corrected chi connectivity index (χ3v) is 3.22. The Hall–Kier alpha value is -1.69. The van der Waals surface area contributed by atoms with Crippen molar-refractivity contribution in [1.29, 1.82) is 0 Å². The summed E-state index contributed by atoms with van der Waals surface area (Å²) in [4.78, 5) is 13.8. The van der Waals surface area contributed by atoms with Gasteiger partial charge in [-0.25, -0.2) is 13.6 Å². The lowest BCUT2D eigenvalue weighted by molar-refractivity contribution is 0.250. The van der Waals surface area contributed by atoms with E-state index in [0.29, 0.717) is 12.5 Å². The highest BCUT2D eigenvalue weighted by atomic mass is 19.1. The molecule has 1 atom stereocenters. The van der Waals surface area contributed by atoms with E-state index >= 15 is 0 Å². The SMILES string of the molecule is CN1CCC(CNC(=O)Nc2ccc(F)cc2F)C1. The molecular formula is C13H17F2N3O. The summed E-state index contributed by atoms with van der Waals surface area (Å²) < 4.78 is 26.0. The van der Waals surface area contributed by atoms with Crippen molar-refractivity contribution in [3.05, 3.63) is 29.8 Å². The molecule has 19 heavy (non-hydrogen) atoms. The van der Waals surface area contributed by atoms with Gasteiger partial charge in [0.25, 0.3) is 0 Å². The Morgan fingerprint density at radius 1 is 1.47 bits per heavy atom. The molecule has 0 radical (unpaired) electrons. The van der Waals surface area contributed by atoms with Crippen LogP contribution in [0.5, 0.6) is 0 Å². The number of anilines is 1. The zero-order valence-electron chi connectivity index (χ0n) is 10.7. The summed E-state index contributed by atoms with van der Waals surface area (Å²) in [5.41, 5.74) is -0.0255. The maximum atomic E-state index is 13.3. The summed E-state index contributed by atoms with van der Waals surface area (Å²) in [6.07, 6.45) is 1.04. The van der Waals surface area contributed by atoms with Gasteiger partial charge in [0.1, 0.15) is 11.6 Å². The summed E-state index contributed by atoms with van der Waals surface area (Å²) in [6, 6.07) is 2.57. The van der Waals surface area contributed by atoms with E-state index in [4.69, 9.17) is 0 Å². The normalized spacial score (nSPS) is 19.4. The Morgan fingerprint density at radius 2 is 2.26 bits per heavy atom. The number of nitrogens with zero attached hydrogens (tertiary/aromatic N) is 1. The van der Waals surface area contributed by atoms with Crippen molar-refractivity contribution in [2.75, 3.05) is 32.0 Å². The van der Waals surface area contributed by atoms with Gasteiger partial charge in [0.15, 0.2) is 0 Å². The lowest BCUT2D eigenvalue weighted by Gasteiger charge is -2.12. The van der Waals surface area contributed by atoms with Crippen LogP contribution >= 0.6 is 0 Å². The third kappa shape index (κ3) is 3.89. The maximum absolute atomic E-state index is 13.3. The molecule has 1 aliphatic heterocycles. The number of hydrogen-bond acceptors (Lipinski definition) is 2. The lowest BCUT2D eigenvalue weighted by Crippen LogP contribution is -2.34. The molecular weight excluding hydrogens is 252 g/mol. The monoisotopic (exact) mass is 269 g/mol. The number of carbonyl (C=O) groups is 1. The van der Waals surface area contributed by atoms with Gasteiger partial charge >= 0.3 is 6.03 Å². The van der Waals surface area contributed by atoms with Gasteiger partial charge in [-0.3, -0.25) is 0 Å². The molecule has 1 aromatic carbocycles. The number of halogens is 2. The Labute approximate surface area is 110 Å². The average molecular weight is 269 g/mol. The van der Waals surface area contributed by atoms with Crippen molar-refractivity contribution in [2.45, 2.75) is 6.42 Å². The van der Waals surface area contributed by atoms with Crippen molar-refractivity contribution in [3.8, 4) is 0 Å². The van der Waals surface area contributed by atoms with E-state index in [1.54, 1.807) is 0 Å². The van der Waals surface area contributed by atoms with Crippen LogP contribution in [0.1, 0.15) is 6.42 Å². The number of hydrogen-bond donors (Lipinski definition) is 2. The van der Waals surface area contributed by atoms with E-state index < -0.39 is 17.7 Å². The molecule has 1 fully saturated rings. The average Bonchev–Trinajstić information content (AvgIpc) is 2.76. The first-order valence-corrected chi connectivity index (χ1v) is 6.23. The third-order valence-electron chi connectivity index (χ3n) is 3.22. The predicted octanol–water partition coefficient (Wildman–Crippen LogP) is 2.04. The molecule has 1 aliphatic rings. The Bertz CT molecular complexity index is 467. The molecule has 0 bridgehead atoms. The molecule has 6 heteroatoms. The van der Waals surface area contributed by atoms with E-state index in [1.165, 1.54) is 6.07 Å². The first kappa shape index (κ1) is 13.7. The van der Waals surface area contributed by atoms with Crippen LogP contribution in [0.2, 0.25) is 0 Å². The van der Waals surface area contributed by atoms with Crippen molar-refractivity contribution in [2.24, 2.45) is 5.92 Å². The fraction of sp³-hybridized carbons (Fsp3) is 0.462. The van der Waals surface area contributed by atoms with Gasteiger partial charge in [-0.15, -0.1) is 0 Å². The number of rotatable bonds is 3. The topological polar surface area (TPSA) is 44.4 Å². The minimum absolute atomic E-state index is 0.0255. The van der Waals surface area contributed by atoms with Gasteiger partial charge in [-0.05, 0) is 38.1 Å². The van der Waals surface area contributed by atoms with E-state index in [-0.39, 0.29) is 5.69 Å². The van der Waals surface area contributed by atoms with Crippen LogP contribution in [-0.4, -0.2) is 37.6 Å². The molecule has 0 aliphatic carbocycles. The molecule has 1 unspecified atom stereocenters. The van der Waals surface area contributed by atoms with Crippen LogP contribution in [0.3, 0.4) is 0 Å². The molecule has 1 saturated heterocycles. The van der Waals surface area contributed by atoms with Crippen molar-refractivity contribution >= 4 is 11.7 Å². The minimum Gasteiger partial charge on any atom is -0.338 e. The van der Waals surface area contributed by atoms with Crippen LogP contribution in [0, 0.1) is 17.6 Å². The van der Waals surface area contributed by atoms with E-state index in [9.17, 15) is 13.6 Å². The van der Waals surface area contributed by atoms with E-state index in [0.717, 1.165) is 31.6 Å². The van der Waals surface area contributed by atoms with Gasteiger partial charge in [-0.2, -0.15) is 0 Å². The quantitative estimate of drug-likeness (QED) is 0.882.